The molecule has 3 rings (SSSR count). The summed E-state index contributed by atoms with van der Waals surface area (Å²) in [6.45, 7) is 1.67. The SMILES string of the molecule is Cc1c(N=C2O[C@H](C(F)(F)F)[C@H]3C(O)=CCN23)ccc(C#N)c1Cl. The highest BCUT2D eigenvalue weighted by atomic mass is 35.5. The van der Waals surface area contributed by atoms with Gasteiger partial charge >= 0.3 is 6.18 Å². The van der Waals surface area contributed by atoms with E-state index in [9.17, 15) is 18.3 Å². The summed E-state index contributed by atoms with van der Waals surface area (Å²) < 4.78 is 44.3. The van der Waals surface area contributed by atoms with Gasteiger partial charge in [0.15, 0.2) is 0 Å². The lowest BCUT2D eigenvalue weighted by molar-refractivity contribution is -0.197. The lowest BCUT2D eigenvalue weighted by atomic mass is 10.1. The van der Waals surface area contributed by atoms with E-state index in [-0.39, 0.29) is 23.2 Å². The smallest absolute Gasteiger partial charge is 0.428 e. The predicted octanol–water partition coefficient (Wildman–Crippen LogP) is 3.59. The second-order valence-electron chi connectivity index (χ2n) is 5.38. The molecular weight excluding hydrogens is 347 g/mol. The molecule has 1 aromatic rings. The fourth-order valence-electron chi connectivity index (χ4n) is 2.67. The van der Waals surface area contributed by atoms with Gasteiger partial charge in [-0.3, -0.25) is 0 Å². The predicted molar refractivity (Wildman–Crippen MR) is 80.1 cm³/mol. The molecule has 0 radical (unpaired) electrons. The average Bonchev–Trinajstić information content (AvgIpc) is 3.06. The van der Waals surface area contributed by atoms with Crippen molar-refractivity contribution in [1.29, 1.82) is 5.26 Å². The molecule has 0 aliphatic carbocycles. The van der Waals surface area contributed by atoms with Crippen LogP contribution in [0.2, 0.25) is 5.02 Å². The maximum atomic E-state index is 13.1. The molecule has 0 amide bonds. The van der Waals surface area contributed by atoms with Crippen LogP contribution in [0, 0.1) is 18.3 Å². The van der Waals surface area contributed by atoms with E-state index >= 15 is 0 Å². The van der Waals surface area contributed by atoms with Crippen molar-refractivity contribution in [1.82, 2.24) is 4.90 Å². The van der Waals surface area contributed by atoms with Gasteiger partial charge in [-0.25, -0.2) is 0 Å². The van der Waals surface area contributed by atoms with Gasteiger partial charge in [-0.05, 0) is 30.7 Å². The van der Waals surface area contributed by atoms with Crippen molar-refractivity contribution in [3.63, 3.8) is 0 Å². The van der Waals surface area contributed by atoms with Gasteiger partial charge in [-0.15, -0.1) is 0 Å². The van der Waals surface area contributed by atoms with Gasteiger partial charge in [0.05, 0.1) is 16.3 Å². The van der Waals surface area contributed by atoms with Crippen LogP contribution in [0.25, 0.3) is 0 Å². The largest absolute Gasteiger partial charge is 0.510 e. The number of ether oxygens (including phenoxy) is 1. The molecule has 24 heavy (non-hydrogen) atoms. The van der Waals surface area contributed by atoms with E-state index in [0.717, 1.165) is 0 Å². The monoisotopic (exact) mass is 357 g/mol. The number of rotatable bonds is 1. The average molecular weight is 358 g/mol. The summed E-state index contributed by atoms with van der Waals surface area (Å²) in [4.78, 5) is 5.35. The number of halogens is 4. The molecule has 1 saturated heterocycles. The number of nitriles is 1. The Labute approximate surface area is 140 Å². The van der Waals surface area contributed by atoms with Crippen molar-refractivity contribution in [2.24, 2.45) is 4.99 Å². The normalized spacial score (nSPS) is 24.6. The number of fused-ring (bicyclic) bond motifs is 1. The van der Waals surface area contributed by atoms with Crippen LogP contribution < -0.4 is 0 Å². The molecule has 9 heteroatoms. The molecule has 0 aromatic heterocycles. The van der Waals surface area contributed by atoms with Gasteiger partial charge in [0, 0.05) is 6.54 Å². The van der Waals surface area contributed by atoms with Crippen LogP contribution in [-0.4, -0.2) is 40.9 Å². The Morgan fingerprint density at radius 2 is 2.17 bits per heavy atom. The third-order valence-corrected chi connectivity index (χ3v) is 4.40. The molecule has 0 bridgehead atoms. The van der Waals surface area contributed by atoms with E-state index in [0.29, 0.717) is 11.3 Å². The van der Waals surface area contributed by atoms with Crippen LogP contribution in [0.15, 0.2) is 29.0 Å². The molecule has 2 heterocycles. The first-order valence-corrected chi connectivity index (χ1v) is 7.28. The first-order chi connectivity index (χ1) is 11.2. The first-order valence-electron chi connectivity index (χ1n) is 6.91. The maximum absolute atomic E-state index is 13.1. The Bertz CT molecular complexity index is 798. The molecule has 2 aliphatic rings. The van der Waals surface area contributed by atoms with Crippen molar-refractivity contribution in [3.8, 4) is 6.07 Å². The molecule has 2 atom stereocenters. The van der Waals surface area contributed by atoms with Crippen LogP contribution >= 0.6 is 11.6 Å². The molecular formula is C15H11ClF3N3O2. The fourth-order valence-corrected chi connectivity index (χ4v) is 2.87. The molecule has 0 spiro atoms. The van der Waals surface area contributed by atoms with E-state index in [2.05, 4.69) is 4.99 Å². The lowest BCUT2D eigenvalue weighted by Crippen LogP contribution is -2.41. The highest BCUT2D eigenvalue weighted by Crippen LogP contribution is 2.39. The second kappa shape index (κ2) is 5.60. The van der Waals surface area contributed by atoms with E-state index in [1.807, 2.05) is 6.07 Å². The van der Waals surface area contributed by atoms with Crippen LogP contribution in [0.5, 0.6) is 0 Å². The van der Waals surface area contributed by atoms with Gasteiger partial charge in [0.1, 0.15) is 17.9 Å². The summed E-state index contributed by atoms with van der Waals surface area (Å²) in [7, 11) is 0. The van der Waals surface area contributed by atoms with Gasteiger partial charge in [-0.1, -0.05) is 11.6 Å². The molecule has 1 fully saturated rings. The van der Waals surface area contributed by atoms with Crippen LogP contribution in [0.4, 0.5) is 18.9 Å². The zero-order chi connectivity index (χ0) is 17.6. The number of hydrogen-bond donors (Lipinski definition) is 1. The van der Waals surface area contributed by atoms with Crippen LogP contribution in [0.1, 0.15) is 11.1 Å². The second-order valence-corrected chi connectivity index (χ2v) is 5.76. The van der Waals surface area contributed by atoms with E-state index in [1.54, 1.807) is 6.92 Å². The molecule has 0 saturated carbocycles. The zero-order valence-corrected chi connectivity index (χ0v) is 13.1. The molecule has 126 valence electrons. The minimum Gasteiger partial charge on any atom is -0.510 e. The minimum atomic E-state index is -4.65. The lowest BCUT2D eigenvalue weighted by Gasteiger charge is -2.19. The first kappa shape index (κ1) is 16.5. The summed E-state index contributed by atoms with van der Waals surface area (Å²) >= 11 is 6.04. The Balaban J connectivity index is 2.01. The zero-order valence-electron chi connectivity index (χ0n) is 12.3. The third-order valence-electron chi connectivity index (χ3n) is 3.92. The standard InChI is InChI=1S/C15H11ClF3N3O2/c1-7-9(3-2-8(6-20)11(7)16)21-14-22-5-4-10(23)12(22)13(24-14)15(17,18)19/h2-4,12-13,23H,5H2,1H3/t12-,13+/m1/s1. The van der Waals surface area contributed by atoms with Crippen molar-refractivity contribution in [2.45, 2.75) is 25.2 Å². The van der Waals surface area contributed by atoms with Crippen LogP contribution in [0.3, 0.4) is 0 Å². The van der Waals surface area contributed by atoms with Gasteiger partial charge < -0.3 is 14.7 Å². The van der Waals surface area contributed by atoms with Gasteiger partial charge in [0.25, 0.3) is 6.02 Å². The molecule has 0 unspecified atom stereocenters. The third kappa shape index (κ3) is 2.55. The number of aliphatic imine (C=N–C) groups is 1. The molecule has 2 aliphatic heterocycles. The van der Waals surface area contributed by atoms with Gasteiger partial charge in [-0.2, -0.15) is 23.4 Å². The van der Waals surface area contributed by atoms with E-state index < -0.39 is 24.1 Å². The van der Waals surface area contributed by atoms with E-state index in [1.165, 1.54) is 23.1 Å². The molecule has 1 aromatic carbocycles. The van der Waals surface area contributed by atoms with Gasteiger partial charge in [0.2, 0.25) is 6.10 Å². The van der Waals surface area contributed by atoms with Crippen molar-refractivity contribution < 1.29 is 23.0 Å². The van der Waals surface area contributed by atoms with Crippen molar-refractivity contribution in [2.75, 3.05) is 6.54 Å². The minimum absolute atomic E-state index is 0.0605. The maximum Gasteiger partial charge on any atom is 0.428 e. The Hall–Kier alpha value is -2.40. The van der Waals surface area contributed by atoms with Crippen LogP contribution in [-0.2, 0) is 4.74 Å². The topological polar surface area (TPSA) is 68.8 Å². The highest BCUT2D eigenvalue weighted by molar-refractivity contribution is 6.32. The number of hydrogen-bond acceptors (Lipinski definition) is 4. The summed E-state index contributed by atoms with van der Waals surface area (Å²) in [6.07, 6.45) is -5.55. The Kier molecular flexibility index (Phi) is 3.84. The number of nitrogens with zero attached hydrogens (tertiary/aromatic N) is 3. The number of aliphatic hydroxyl groups is 1. The Morgan fingerprint density at radius 3 is 2.79 bits per heavy atom. The highest BCUT2D eigenvalue weighted by Gasteiger charge is 2.58. The summed E-state index contributed by atoms with van der Waals surface area (Å²) in [5.74, 6) is -0.392. The van der Waals surface area contributed by atoms with Crippen molar-refractivity contribution >= 4 is 23.3 Å². The number of alkyl halides is 3. The van der Waals surface area contributed by atoms with Crippen molar-refractivity contribution in [3.05, 3.63) is 40.1 Å². The number of benzene rings is 1. The Morgan fingerprint density at radius 1 is 1.46 bits per heavy atom. The molecule has 1 N–H and O–H groups in total. The summed E-state index contributed by atoms with van der Waals surface area (Å²) in [5.41, 5.74) is 0.995. The fraction of sp³-hybridized carbons (Fsp3) is 0.333. The number of amidine groups is 1. The number of aliphatic hydroxyl groups excluding tert-OH is 1. The summed E-state index contributed by atoms with van der Waals surface area (Å²) in [5, 5.41) is 18.8. The summed E-state index contributed by atoms with van der Waals surface area (Å²) in [6, 6.07) is 3.25. The molecule has 5 nitrogen and oxygen atoms in total. The van der Waals surface area contributed by atoms with E-state index in [4.69, 9.17) is 21.6 Å². The quantitative estimate of drug-likeness (QED) is 0.834.